The molecule has 0 bridgehead atoms. The molecule has 10 nitrogen and oxygen atoms in total. The molecule has 0 fully saturated rings. The number of nitrogens with one attached hydrogen (secondary N) is 1. The third kappa shape index (κ3) is 7.80. The summed E-state index contributed by atoms with van der Waals surface area (Å²) in [5.41, 5.74) is 5.02. The summed E-state index contributed by atoms with van der Waals surface area (Å²) in [6.07, 6.45) is 3.02. The number of sulfonamides is 1. The molecular formula is C29H32BrN3O7S. The summed E-state index contributed by atoms with van der Waals surface area (Å²) in [4.78, 5) is 12.9. The van der Waals surface area contributed by atoms with Crippen molar-refractivity contribution in [2.45, 2.75) is 18.7 Å². The number of hydrazone groups is 1. The topological polar surface area (TPSA) is 116 Å². The summed E-state index contributed by atoms with van der Waals surface area (Å²) in [6, 6.07) is 13.0. The molecule has 0 saturated carbocycles. The van der Waals surface area contributed by atoms with E-state index in [0.717, 1.165) is 15.4 Å². The summed E-state index contributed by atoms with van der Waals surface area (Å²) in [5.74, 6) is 0.918. The number of carbonyl (C=O) groups is 1. The highest BCUT2D eigenvalue weighted by Crippen LogP contribution is 2.36. The Hall–Kier alpha value is -4.03. The van der Waals surface area contributed by atoms with Crippen LogP contribution in [0.5, 0.6) is 23.0 Å². The van der Waals surface area contributed by atoms with E-state index in [1.54, 1.807) is 30.3 Å². The predicted octanol–water partition coefficient (Wildman–Crippen LogP) is 5.00. The van der Waals surface area contributed by atoms with Crippen molar-refractivity contribution in [2.24, 2.45) is 5.10 Å². The number of nitrogens with zero attached hydrogens (tertiary/aromatic N) is 2. The molecule has 218 valence electrons. The molecule has 0 radical (unpaired) electrons. The minimum absolute atomic E-state index is 0.0682. The maximum Gasteiger partial charge on any atom is 0.264 e. The van der Waals surface area contributed by atoms with Crippen LogP contribution in [-0.2, 0) is 14.8 Å². The maximum absolute atomic E-state index is 13.8. The van der Waals surface area contributed by atoms with Gasteiger partial charge in [0.05, 0.1) is 42.6 Å². The van der Waals surface area contributed by atoms with Crippen molar-refractivity contribution >= 4 is 43.8 Å². The predicted molar refractivity (Wildman–Crippen MR) is 162 cm³/mol. The van der Waals surface area contributed by atoms with Gasteiger partial charge >= 0.3 is 0 Å². The molecule has 0 aliphatic carbocycles. The van der Waals surface area contributed by atoms with Crippen molar-refractivity contribution in [3.05, 3.63) is 82.3 Å². The molecule has 0 unspecified atom stereocenters. The zero-order valence-electron chi connectivity index (χ0n) is 23.4. The number of benzene rings is 3. The van der Waals surface area contributed by atoms with Gasteiger partial charge in [0.25, 0.3) is 15.9 Å². The Labute approximate surface area is 248 Å². The van der Waals surface area contributed by atoms with Crippen LogP contribution >= 0.6 is 15.9 Å². The van der Waals surface area contributed by atoms with E-state index in [2.05, 4.69) is 33.0 Å². The number of ether oxygens (including phenoxy) is 4. The second-order valence-electron chi connectivity index (χ2n) is 8.80. The third-order valence-corrected chi connectivity index (χ3v) is 8.08. The second kappa shape index (κ2) is 14.0. The smallest absolute Gasteiger partial charge is 0.264 e. The van der Waals surface area contributed by atoms with Crippen molar-refractivity contribution in [3.8, 4) is 23.0 Å². The van der Waals surface area contributed by atoms with Gasteiger partial charge < -0.3 is 18.9 Å². The van der Waals surface area contributed by atoms with E-state index < -0.39 is 22.5 Å². The molecule has 0 aromatic heterocycles. The minimum atomic E-state index is -4.20. The van der Waals surface area contributed by atoms with Crippen LogP contribution in [0.1, 0.15) is 16.7 Å². The highest BCUT2D eigenvalue weighted by atomic mass is 79.9. The molecule has 0 saturated heterocycles. The largest absolute Gasteiger partial charge is 0.493 e. The molecule has 3 aromatic carbocycles. The van der Waals surface area contributed by atoms with E-state index in [1.807, 2.05) is 19.9 Å². The quantitative estimate of drug-likeness (QED) is 0.158. The van der Waals surface area contributed by atoms with Crippen molar-refractivity contribution in [3.63, 3.8) is 0 Å². The molecule has 12 heteroatoms. The fourth-order valence-electron chi connectivity index (χ4n) is 3.96. The molecular weight excluding hydrogens is 614 g/mol. The van der Waals surface area contributed by atoms with Gasteiger partial charge in [0.1, 0.15) is 13.2 Å². The van der Waals surface area contributed by atoms with Gasteiger partial charge in [-0.05, 0) is 82.9 Å². The van der Waals surface area contributed by atoms with E-state index in [0.29, 0.717) is 39.6 Å². The van der Waals surface area contributed by atoms with Crippen LogP contribution in [0.2, 0.25) is 0 Å². The van der Waals surface area contributed by atoms with Gasteiger partial charge in [0, 0.05) is 6.07 Å². The van der Waals surface area contributed by atoms with Crippen LogP contribution in [0, 0.1) is 13.8 Å². The number of methoxy groups -OCH3 is 3. The van der Waals surface area contributed by atoms with Crippen molar-refractivity contribution in [2.75, 3.05) is 38.8 Å². The van der Waals surface area contributed by atoms with Crippen LogP contribution < -0.4 is 28.7 Å². The van der Waals surface area contributed by atoms with Gasteiger partial charge in [0.15, 0.2) is 23.0 Å². The summed E-state index contributed by atoms with van der Waals surface area (Å²) < 4.78 is 50.9. The van der Waals surface area contributed by atoms with Crippen molar-refractivity contribution in [1.82, 2.24) is 5.43 Å². The first-order valence-electron chi connectivity index (χ1n) is 12.3. The summed E-state index contributed by atoms with van der Waals surface area (Å²) >= 11 is 3.44. The van der Waals surface area contributed by atoms with Crippen LogP contribution in [0.4, 0.5) is 5.69 Å². The monoisotopic (exact) mass is 645 g/mol. The number of carbonyl (C=O) groups excluding carboxylic acids is 1. The first-order valence-corrected chi connectivity index (χ1v) is 14.5. The van der Waals surface area contributed by atoms with E-state index in [9.17, 15) is 13.2 Å². The highest BCUT2D eigenvalue weighted by molar-refractivity contribution is 9.10. The molecule has 0 atom stereocenters. The highest BCUT2D eigenvalue weighted by Gasteiger charge is 2.28. The van der Waals surface area contributed by atoms with E-state index in [-0.39, 0.29) is 10.6 Å². The molecule has 0 aliphatic heterocycles. The van der Waals surface area contributed by atoms with Gasteiger partial charge in [-0.3, -0.25) is 9.10 Å². The van der Waals surface area contributed by atoms with Gasteiger partial charge in [-0.25, -0.2) is 13.8 Å². The van der Waals surface area contributed by atoms with Crippen molar-refractivity contribution in [1.29, 1.82) is 0 Å². The van der Waals surface area contributed by atoms with Crippen LogP contribution in [-0.4, -0.2) is 55.0 Å². The van der Waals surface area contributed by atoms with Gasteiger partial charge in [0.2, 0.25) is 0 Å². The minimum Gasteiger partial charge on any atom is -0.493 e. The number of anilines is 1. The molecule has 0 spiro atoms. The number of halogens is 1. The molecule has 1 amide bonds. The summed E-state index contributed by atoms with van der Waals surface area (Å²) in [6.45, 7) is 7.10. The molecule has 1 N–H and O–H groups in total. The summed E-state index contributed by atoms with van der Waals surface area (Å²) in [7, 11) is 0.173. The zero-order valence-corrected chi connectivity index (χ0v) is 25.8. The first kappa shape index (κ1) is 31.5. The van der Waals surface area contributed by atoms with E-state index >= 15 is 0 Å². The fourth-order valence-corrected chi connectivity index (χ4v) is 5.95. The second-order valence-corrected chi connectivity index (χ2v) is 11.5. The van der Waals surface area contributed by atoms with Crippen LogP contribution in [0.15, 0.2) is 75.7 Å². The van der Waals surface area contributed by atoms with Crippen LogP contribution in [0.3, 0.4) is 0 Å². The molecule has 3 rings (SSSR count). The SMILES string of the molecule is C=CCOc1c(Br)cc(/C=N\NC(=O)CN(c2cc(C)cc(C)c2)S(=O)(=O)c2ccc(OC)c(OC)c2)cc1OC. The fraction of sp³-hybridized carbons (Fsp3) is 0.241. The Morgan fingerprint density at radius 1 is 0.976 bits per heavy atom. The summed E-state index contributed by atoms with van der Waals surface area (Å²) in [5, 5.41) is 4.02. The molecule has 3 aromatic rings. The third-order valence-electron chi connectivity index (χ3n) is 5.72. The molecule has 0 aliphatic rings. The van der Waals surface area contributed by atoms with Crippen molar-refractivity contribution < 1.29 is 32.2 Å². The van der Waals surface area contributed by atoms with E-state index in [4.69, 9.17) is 18.9 Å². The normalized spacial score (nSPS) is 11.2. The lowest BCUT2D eigenvalue weighted by atomic mass is 10.1. The number of hydrogen-bond donors (Lipinski definition) is 1. The van der Waals surface area contributed by atoms with Crippen LogP contribution in [0.25, 0.3) is 0 Å². The van der Waals surface area contributed by atoms with Gasteiger partial charge in [-0.2, -0.15) is 5.10 Å². The van der Waals surface area contributed by atoms with Gasteiger partial charge in [-0.1, -0.05) is 18.7 Å². The number of rotatable bonds is 13. The number of hydrogen-bond acceptors (Lipinski definition) is 8. The Balaban J connectivity index is 1.90. The maximum atomic E-state index is 13.8. The molecule has 0 heterocycles. The molecule has 41 heavy (non-hydrogen) atoms. The lowest BCUT2D eigenvalue weighted by molar-refractivity contribution is -0.119. The first-order chi connectivity index (χ1) is 19.5. The lowest BCUT2D eigenvalue weighted by Crippen LogP contribution is -2.39. The Bertz CT molecular complexity index is 1540. The number of aryl methyl sites for hydroxylation is 2. The van der Waals surface area contributed by atoms with Gasteiger partial charge in [-0.15, -0.1) is 0 Å². The average molecular weight is 647 g/mol. The Morgan fingerprint density at radius 3 is 2.24 bits per heavy atom. The zero-order chi connectivity index (χ0) is 30.2. The standard InChI is InChI=1S/C29H32BrN3O7S/c1-7-10-40-29-24(30)14-21(15-27(29)39-6)17-31-32-28(34)18-33(22-12-19(2)11-20(3)13-22)41(35,36)23-8-9-25(37-4)26(16-23)38-5/h7-9,11-17H,1,10,18H2,2-6H3,(H,32,34)/b31-17-. The Morgan fingerprint density at radius 2 is 1.63 bits per heavy atom. The lowest BCUT2D eigenvalue weighted by Gasteiger charge is -2.25. The average Bonchev–Trinajstić information content (AvgIpc) is 2.94. The van der Waals surface area contributed by atoms with E-state index in [1.165, 1.54) is 45.7 Å². The number of amides is 1. The Kier molecular flexibility index (Phi) is 10.8.